The van der Waals surface area contributed by atoms with Crippen molar-refractivity contribution in [3.05, 3.63) is 84.4 Å². The minimum absolute atomic E-state index is 0.0177. The van der Waals surface area contributed by atoms with Gasteiger partial charge in [0.1, 0.15) is 23.1 Å². The fourth-order valence-corrected chi connectivity index (χ4v) is 4.15. The predicted octanol–water partition coefficient (Wildman–Crippen LogP) is 6.08. The lowest BCUT2D eigenvalue weighted by molar-refractivity contribution is -0.113. The van der Waals surface area contributed by atoms with Crippen LogP contribution in [-0.4, -0.2) is 21.9 Å². The van der Waals surface area contributed by atoms with E-state index in [9.17, 15) is 13.6 Å². The molecule has 2 N–H and O–H groups in total. The number of ether oxygens (including phenoxy) is 1. The molecule has 0 fully saturated rings. The highest BCUT2D eigenvalue weighted by molar-refractivity contribution is 8.01. The Bertz CT molecular complexity index is 1200. The number of anilines is 3. The molecule has 0 spiro atoms. The van der Waals surface area contributed by atoms with E-state index in [0.717, 1.165) is 41.4 Å². The minimum Gasteiger partial charge on any atom is -0.457 e. The number of rotatable bonds is 8. The Morgan fingerprint density at radius 3 is 2.50 bits per heavy atom. The number of nitrogens with one attached hydrogen (secondary N) is 2. The van der Waals surface area contributed by atoms with E-state index < -0.39 is 17.5 Å². The Hall–Kier alpha value is -3.50. The molecule has 0 saturated carbocycles. The molecule has 1 heterocycles. The first-order valence-corrected chi connectivity index (χ1v) is 11.2. The lowest BCUT2D eigenvalue weighted by atomic mass is 10.3. The third-order valence-corrected chi connectivity index (χ3v) is 5.99. The fourth-order valence-electron chi connectivity index (χ4n) is 2.58. The highest BCUT2D eigenvalue weighted by Crippen LogP contribution is 2.29. The van der Waals surface area contributed by atoms with Gasteiger partial charge in [0, 0.05) is 11.8 Å². The molecule has 4 rings (SSSR count). The van der Waals surface area contributed by atoms with Gasteiger partial charge >= 0.3 is 0 Å². The number of para-hydroxylation sites is 1. The van der Waals surface area contributed by atoms with E-state index in [1.807, 2.05) is 54.6 Å². The van der Waals surface area contributed by atoms with Crippen molar-refractivity contribution in [1.82, 2.24) is 10.2 Å². The number of benzene rings is 3. The van der Waals surface area contributed by atoms with E-state index in [2.05, 4.69) is 20.8 Å². The second-order valence-electron chi connectivity index (χ2n) is 6.40. The van der Waals surface area contributed by atoms with Crippen molar-refractivity contribution in [2.75, 3.05) is 16.4 Å². The molecule has 4 aromatic rings. The molecule has 6 nitrogen and oxygen atoms in total. The van der Waals surface area contributed by atoms with Crippen LogP contribution in [0.2, 0.25) is 0 Å². The Balaban J connectivity index is 1.28. The molecular weight excluding hydrogens is 454 g/mol. The molecular formula is C22H16F2N4O2S2. The molecule has 162 valence electrons. The first-order valence-electron chi connectivity index (χ1n) is 9.36. The van der Waals surface area contributed by atoms with Crippen molar-refractivity contribution in [2.24, 2.45) is 0 Å². The third kappa shape index (κ3) is 6.02. The summed E-state index contributed by atoms with van der Waals surface area (Å²) in [6, 6.07) is 19.7. The molecule has 0 unspecified atom stereocenters. The molecule has 0 radical (unpaired) electrons. The first-order chi connectivity index (χ1) is 15.5. The van der Waals surface area contributed by atoms with E-state index in [-0.39, 0.29) is 11.4 Å². The predicted molar refractivity (Wildman–Crippen MR) is 122 cm³/mol. The Morgan fingerprint density at radius 2 is 1.72 bits per heavy atom. The number of aromatic nitrogens is 2. The van der Waals surface area contributed by atoms with Crippen LogP contribution in [0.15, 0.2) is 77.1 Å². The molecule has 0 saturated heterocycles. The number of nitrogens with zero attached hydrogens (tertiary/aromatic N) is 2. The average molecular weight is 471 g/mol. The number of hydrogen-bond donors (Lipinski definition) is 2. The zero-order valence-corrected chi connectivity index (χ0v) is 18.1. The molecule has 1 amide bonds. The monoisotopic (exact) mass is 470 g/mol. The van der Waals surface area contributed by atoms with Crippen LogP contribution in [0.4, 0.5) is 25.3 Å². The number of amides is 1. The normalized spacial score (nSPS) is 10.6. The maximum Gasteiger partial charge on any atom is 0.234 e. The zero-order valence-electron chi connectivity index (χ0n) is 16.4. The molecule has 0 aliphatic rings. The number of carbonyl (C=O) groups excluding carboxylic acids is 1. The maximum absolute atomic E-state index is 13.6. The highest BCUT2D eigenvalue weighted by Gasteiger charge is 2.11. The summed E-state index contributed by atoms with van der Waals surface area (Å²) in [5.74, 6) is -0.366. The summed E-state index contributed by atoms with van der Waals surface area (Å²) in [4.78, 5) is 12.0. The molecule has 1 aromatic heterocycles. The lowest BCUT2D eigenvalue weighted by Crippen LogP contribution is -2.15. The van der Waals surface area contributed by atoms with Gasteiger partial charge in [-0.15, -0.1) is 10.2 Å². The minimum atomic E-state index is -0.702. The molecule has 0 aliphatic carbocycles. The van der Waals surface area contributed by atoms with Gasteiger partial charge in [-0.3, -0.25) is 4.79 Å². The van der Waals surface area contributed by atoms with Gasteiger partial charge in [0.2, 0.25) is 11.0 Å². The average Bonchev–Trinajstić information content (AvgIpc) is 3.24. The topological polar surface area (TPSA) is 76.1 Å². The molecule has 0 atom stereocenters. The van der Waals surface area contributed by atoms with Gasteiger partial charge in [0.25, 0.3) is 0 Å². The summed E-state index contributed by atoms with van der Waals surface area (Å²) < 4.78 is 33.1. The van der Waals surface area contributed by atoms with Crippen LogP contribution in [0, 0.1) is 11.6 Å². The summed E-state index contributed by atoms with van der Waals surface area (Å²) in [6.45, 7) is 0. The Labute approximate surface area is 190 Å². The number of thioether (sulfide) groups is 1. The standard InChI is InChI=1S/C22H16F2N4O2S2/c23-14-6-11-18(24)19(12-14)26-20(29)13-31-22-28-27-21(32-22)25-15-7-9-17(10-8-15)30-16-4-2-1-3-5-16/h1-12H,13H2,(H,25,27)(H,26,29). The maximum atomic E-state index is 13.6. The van der Waals surface area contributed by atoms with Gasteiger partial charge in [-0.2, -0.15) is 0 Å². The lowest BCUT2D eigenvalue weighted by Gasteiger charge is -2.07. The molecule has 0 aliphatic heterocycles. The first kappa shape index (κ1) is 21.7. The van der Waals surface area contributed by atoms with Crippen molar-refractivity contribution in [3.8, 4) is 11.5 Å². The van der Waals surface area contributed by atoms with Crippen molar-refractivity contribution in [1.29, 1.82) is 0 Å². The second-order valence-corrected chi connectivity index (χ2v) is 8.60. The van der Waals surface area contributed by atoms with Crippen LogP contribution in [0.25, 0.3) is 0 Å². The zero-order chi connectivity index (χ0) is 22.3. The van der Waals surface area contributed by atoms with Gasteiger partial charge in [0.05, 0.1) is 11.4 Å². The summed E-state index contributed by atoms with van der Waals surface area (Å²) in [5.41, 5.74) is 0.604. The van der Waals surface area contributed by atoms with Crippen molar-refractivity contribution in [3.63, 3.8) is 0 Å². The molecule has 32 heavy (non-hydrogen) atoms. The molecule has 0 bridgehead atoms. The van der Waals surface area contributed by atoms with E-state index in [1.54, 1.807) is 0 Å². The second kappa shape index (κ2) is 10.2. The number of halogens is 2. The molecule has 3 aromatic carbocycles. The Morgan fingerprint density at radius 1 is 0.969 bits per heavy atom. The van der Waals surface area contributed by atoms with Gasteiger partial charge in [-0.25, -0.2) is 8.78 Å². The van der Waals surface area contributed by atoms with E-state index in [0.29, 0.717) is 15.2 Å². The van der Waals surface area contributed by atoms with Crippen LogP contribution < -0.4 is 15.4 Å². The van der Waals surface area contributed by atoms with Crippen LogP contribution in [0.1, 0.15) is 0 Å². The van der Waals surface area contributed by atoms with Crippen LogP contribution in [0.3, 0.4) is 0 Å². The van der Waals surface area contributed by atoms with E-state index in [1.165, 1.54) is 11.3 Å². The third-order valence-electron chi connectivity index (χ3n) is 4.02. The number of hydrogen-bond acceptors (Lipinski definition) is 7. The van der Waals surface area contributed by atoms with Crippen LogP contribution >= 0.6 is 23.1 Å². The van der Waals surface area contributed by atoms with Gasteiger partial charge < -0.3 is 15.4 Å². The Kier molecular flexibility index (Phi) is 6.93. The van der Waals surface area contributed by atoms with Crippen LogP contribution in [0.5, 0.6) is 11.5 Å². The summed E-state index contributed by atoms with van der Waals surface area (Å²) in [5, 5.41) is 14.1. The van der Waals surface area contributed by atoms with E-state index in [4.69, 9.17) is 4.74 Å². The summed E-state index contributed by atoms with van der Waals surface area (Å²) in [6.07, 6.45) is 0. The summed E-state index contributed by atoms with van der Waals surface area (Å²) >= 11 is 2.42. The van der Waals surface area contributed by atoms with Gasteiger partial charge in [-0.05, 0) is 48.5 Å². The largest absolute Gasteiger partial charge is 0.457 e. The smallest absolute Gasteiger partial charge is 0.234 e. The van der Waals surface area contributed by atoms with Gasteiger partial charge in [-0.1, -0.05) is 41.3 Å². The van der Waals surface area contributed by atoms with Gasteiger partial charge in [0.15, 0.2) is 4.34 Å². The fraction of sp³-hybridized carbons (Fsp3) is 0.0455. The summed E-state index contributed by atoms with van der Waals surface area (Å²) in [7, 11) is 0. The van der Waals surface area contributed by atoms with Crippen molar-refractivity contribution in [2.45, 2.75) is 4.34 Å². The van der Waals surface area contributed by atoms with E-state index >= 15 is 0 Å². The van der Waals surface area contributed by atoms with Crippen molar-refractivity contribution < 1.29 is 18.3 Å². The quantitative estimate of drug-likeness (QED) is 0.304. The number of carbonyl (C=O) groups is 1. The van der Waals surface area contributed by atoms with Crippen LogP contribution in [-0.2, 0) is 4.79 Å². The van der Waals surface area contributed by atoms with Crippen molar-refractivity contribution >= 4 is 45.5 Å². The highest BCUT2D eigenvalue weighted by atomic mass is 32.2. The molecule has 10 heteroatoms. The SMILES string of the molecule is O=C(CSc1nnc(Nc2ccc(Oc3ccccc3)cc2)s1)Nc1cc(F)ccc1F.